The van der Waals surface area contributed by atoms with Crippen LogP contribution in [0.3, 0.4) is 0 Å². The summed E-state index contributed by atoms with van der Waals surface area (Å²) in [5.41, 5.74) is 0.938. The van der Waals surface area contributed by atoms with Gasteiger partial charge in [-0.1, -0.05) is 0 Å². The predicted octanol–water partition coefficient (Wildman–Crippen LogP) is 1.15. The molecule has 0 saturated carbocycles. The Morgan fingerprint density at radius 1 is 1.43 bits per heavy atom. The van der Waals surface area contributed by atoms with E-state index in [1.807, 2.05) is 6.92 Å². The van der Waals surface area contributed by atoms with Gasteiger partial charge in [0.15, 0.2) is 0 Å². The van der Waals surface area contributed by atoms with Crippen molar-refractivity contribution in [2.45, 2.75) is 19.9 Å². The third-order valence-corrected chi connectivity index (χ3v) is 2.22. The summed E-state index contributed by atoms with van der Waals surface area (Å²) in [6, 6.07) is 0.484. The van der Waals surface area contributed by atoms with Gasteiger partial charge >= 0.3 is 0 Å². The van der Waals surface area contributed by atoms with Gasteiger partial charge in [0.2, 0.25) is 0 Å². The van der Waals surface area contributed by atoms with Crippen LogP contribution < -0.4 is 5.32 Å². The zero-order valence-corrected chi connectivity index (χ0v) is 9.28. The Morgan fingerprint density at radius 3 is 2.71 bits per heavy atom. The Bertz CT molecular complexity index is 285. The van der Waals surface area contributed by atoms with Crippen molar-refractivity contribution in [3.8, 4) is 0 Å². The lowest BCUT2D eigenvalue weighted by molar-refractivity contribution is 0.326. The molecule has 0 aliphatic rings. The van der Waals surface area contributed by atoms with E-state index in [9.17, 15) is 0 Å². The molecule has 0 aliphatic carbocycles. The molecule has 1 heterocycles. The summed E-state index contributed by atoms with van der Waals surface area (Å²) in [6.07, 6.45) is 3.50. The highest BCUT2D eigenvalue weighted by Crippen LogP contribution is 2.01. The van der Waals surface area contributed by atoms with Crippen LogP contribution in [0, 0.1) is 6.92 Å². The Balaban J connectivity index is 2.45. The average molecular weight is 194 g/mol. The number of anilines is 1. The molecule has 1 rings (SSSR count). The minimum absolute atomic E-state index is 0.484. The number of likely N-dealkylation sites (N-methyl/N-ethyl adjacent to an activating group) is 1. The molecular weight excluding hydrogens is 176 g/mol. The molecule has 0 spiro atoms. The normalized spacial score (nSPS) is 12.9. The maximum atomic E-state index is 4.31. The van der Waals surface area contributed by atoms with E-state index in [-0.39, 0.29) is 0 Å². The van der Waals surface area contributed by atoms with Gasteiger partial charge in [-0.25, -0.2) is 4.98 Å². The van der Waals surface area contributed by atoms with Crippen LogP contribution >= 0.6 is 0 Å². The Morgan fingerprint density at radius 2 is 2.14 bits per heavy atom. The fourth-order valence-corrected chi connectivity index (χ4v) is 0.983. The summed E-state index contributed by atoms with van der Waals surface area (Å²) in [5, 5.41) is 3.25. The minimum Gasteiger partial charge on any atom is -0.367 e. The first-order chi connectivity index (χ1) is 6.59. The van der Waals surface area contributed by atoms with Gasteiger partial charge in [-0.05, 0) is 27.9 Å². The van der Waals surface area contributed by atoms with Crippen LogP contribution in [0.4, 0.5) is 5.82 Å². The number of nitrogens with one attached hydrogen (secondary N) is 1. The van der Waals surface area contributed by atoms with Gasteiger partial charge in [-0.15, -0.1) is 0 Å². The van der Waals surface area contributed by atoms with E-state index < -0.39 is 0 Å². The number of hydrogen-bond donors (Lipinski definition) is 1. The Labute approximate surface area is 85.4 Å². The topological polar surface area (TPSA) is 41.1 Å². The quantitative estimate of drug-likeness (QED) is 0.780. The van der Waals surface area contributed by atoms with E-state index in [1.165, 1.54) is 0 Å². The maximum absolute atomic E-state index is 4.31. The summed E-state index contributed by atoms with van der Waals surface area (Å²) in [7, 11) is 4.13. The lowest BCUT2D eigenvalue weighted by atomic mass is 10.3. The number of aryl methyl sites for hydroxylation is 1. The maximum Gasteiger partial charge on any atom is 0.144 e. The summed E-state index contributed by atoms with van der Waals surface area (Å²) >= 11 is 0. The van der Waals surface area contributed by atoms with Crippen molar-refractivity contribution in [2.75, 3.05) is 26.0 Å². The molecule has 78 valence electrons. The zero-order valence-electron chi connectivity index (χ0n) is 9.28. The van der Waals surface area contributed by atoms with Crippen molar-refractivity contribution >= 4 is 5.82 Å². The van der Waals surface area contributed by atoms with Gasteiger partial charge < -0.3 is 10.2 Å². The first-order valence-corrected chi connectivity index (χ1v) is 4.78. The van der Waals surface area contributed by atoms with Gasteiger partial charge in [0.25, 0.3) is 0 Å². The fraction of sp³-hybridized carbons (Fsp3) is 0.600. The molecule has 1 unspecified atom stereocenters. The van der Waals surface area contributed by atoms with Crippen LogP contribution in [0.25, 0.3) is 0 Å². The van der Waals surface area contributed by atoms with Crippen LogP contribution in [0.15, 0.2) is 12.4 Å². The molecular formula is C10H18N4. The molecule has 1 aromatic heterocycles. The van der Waals surface area contributed by atoms with E-state index in [4.69, 9.17) is 0 Å². The van der Waals surface area contributed by atoms with Crippen molar-refractivity contribution in [1.29, 1.82) is 0 Å². The van der Waals surface area contributed by atoms with Crippen molar-refractivity contribution in [2.24, 2.45) is 0 Å². The molecule has 4 nitrogen and oxygen atoms in total. The second kappa shape index (κ2) is 4.91. The average Bonchev–Trinajstić information content (AvgIpc) is 2.14. The summed E-state index contributed by atoms with van der Waals surface area (Å²) < 4.78 is 0. The van der Waals surface area contributed by atoms with Crippen LogP contribution in [0.5, 0.6) is 0 Å². The molecule has 4 heteroatoms. The van der Waals surface area contributed by atoms with E-state index in [0.717, 1.165) is 18.1 Å². The standard InChI is InChI=1S/C10H18N4/c1-8-5-11-7-10(13-8)12-6-9(2)14(3)4/h5,7,9H,6H2,1-4H3,(H,12,13). The van der Waals surface area contributed by atoms with Crippen molar-refractivity contribution in [3.05, 3.63) is 18.1 Å². The Hall–Kier alpha value is -1.16. The van der Waals surface area contributed by atoms with E-state index in [2.05, 4.69) is 41.2 Å². The number of hydrogen-bond acceptors (Lipinski definition) is 4. The largest absolute Gasteiger partial charge is 0.367 e. The van der Waals surface area contributed by atoms with Crippen LogP contribution in [0.2, 0.25) is 0 Å². The SMILES string of the molecule is Cc1cncc(NCC(C)N(C)C)n1. The third-order valence-electron chi connectivity index (χ3n) is 2.22. The van der Waals surface area contributed by atoms with Gasteiger partial charge in [-0.3, -0.25) is 4.98 Å². The highest BCUT2D eigenvalue weighted by molar-refractivity contribution is 5.31. The predicted molar refractivity (Wildman–Crippen MR) is 58.4 cm³/mol. The van der Waals surface area contributed by atoms with Crippen LogP contribution in [0.1, 0.15) is 12.6 Å². The molecule has 0 aromatic carbocycles. The first-order valence-electron chi connectivity index (χ1n) is 4.78. The highest BCUT2D eigenvalue weighted by Gasteiger charge is 2.03. The number of rotatable bonds is 4. The van der Waals surface area contributed by atoms with Crippen molar-refractivity contribution in [3.63, 3.8) is 0 Å². The molecule has 0 aliphatic heterocycles. The highest BCUT2D eigenvalue weighted by atomic mass is 15.1. The molecule has 1 N–H and O–H groups in total. The lowest BCUT2D eigenvalue weighted by Gasteiger charge is -2.20. The monoisotopic (exact) mass is 194 g/mol. The van der Waals surface area contributed by atoms with Crippen molar-refractivity contribution in [1.82, 2.24) is 14.9 Å². The summed E-state index contributed by atoms with van der Waals surface area (Å²) in [5.74, 6) is 0.846. The van der Waals surface area contributed by atoms with E-state index in [1.54, 1.807) is 12.4 Å². The van der Waals surface area contributed by atoms with Crippen LogP contribution in [-0.2, 0) is 0 Å². The summed E-state index contributed by atoms with van der Waals surface area (Å²) in [6.45, 7) is 4.98. The molecule has 0 bridgehead atoms. The summed E-state index contributed by atoms with van der Waals surface area (Å²) in [4.78, 5) is 10.5. The molecule has 0 fully saturated rings. The van der Waals surface area contributed by atoms with Gasteiger partial charge in [0, 0.05) is 18.8 Å². The van der Waals surface area contributed by atoms with Gasteiger partial charge in [-0.2, -0.15) is 0 Å². The first kappa shape index (κ1) is 10.9. The van der Waals surface area contributed by atoms with Gasteiger partial charge in [0.1, 0.15) is 5.82 Å². The van der Waals surface area contributed by atoms with Crippen molar-refractivity contribution < 1.29 is 0 Å². The zero-order chi connectivity index (χ0) is 10.6. The lowest BCUT2D eigenvalue weighted by Crippen LogP contribution is -2.31. The smallest absolute Gasteiger partial charge is 0.144 e. The number of nitrogens with zero attached hydrogens (tertiary/aromatic N) is 3. The molecule has 0 saturated heterocycles. The molecule has 1 atom stereocenters. The van der Waals surface area contributed by atoms with E-state index in [0.29, 0.717) is 6.04 Å². The Kier molecular flexibility index (Phi) is 3.83. The van der Waals surface area contributed by atoms with E-state index >= 15 is 0 Å². The second-order valence-corrected chi connectivity index (χ2v) is 3.74. The molecule has 1 aromatic rings. The minimum atomic E-state index is 0.484. The number of aromatic nitrogens is 2. The molecule has 14 heavy (non-hydrogen) atoms. The van der Waals surface area contributed by atoms with Crippen LogP contribution in [-0.4, -0.2) is 41.5 Å². The van der Waals surface area contributed by atoms with Gasteiger partial charge in [0.05, 0.1) is 11.9 Å². The third kappa shape index (κ3) is 3.30. The second-order valence-electron chi connectivity index (χ2n) is 3.74. The fourth-order valence-electron chi connectivity index (χ4n) is 0.983. The molecule has 0 radical (unpaired) electrons. The molecule has 0 amide bonds.